The van der Waals surface area contributed by atoms with Crippen LogP contribution in [0.15, 0.2) is 30.3 Å². The summed E-state index contributed by atoms with van der Waals surface area (Å²) in [6.45, 7) is 1.77. The van der Waals surface area contributed by atoms with E-state index in [0.29, 0.717) is 12.2 Å². The SMILES string of the molecule is CC(O)CCSCC(NC(=O)OCc1ccccc1)C(=O)O. The Morgan fingerprint density at radius 3 is 2.59 bits per heavy atom. The summed E-state index contributed by atoms with van der Waals surface area (Å²) >= 11 is 1.36. The van der Waals surface area contributed by atoms with E-state index < -0.39 is 24.2 Å². The Hall–Kier alpha value is -1.73. The number of carboxylic acid groups (broad SMARTS) is 1. The molecule has 0 spiro atoms. The second kappa shape index (κ2) is 10.1. The zero-order valence-electron chi connectivity index (χ0n) is 12.4. The molecule has 0 aliphatic rings. The number of ether oxygens (including phenoxy) is 1. The Labute approximate surface area is 133 Å². The van der Waals surface area contributed by atoms with Gasteiger partial charge in [0.2, 0.25) is 0 Å². The standard InChI is InChI=1S/C15H21NO5S/c1-11(17)7-8-22-10-13(14(18)19)16-15(20)21-9-12-5-3-2-4-6-12/h2-6,11,13,17H,7-10H2,1H3,(H,16,20)(H,18,19). The highest BCUT2D eigenvalue weighted by molar-refractivity contribution is 7.99. The van der Waals surface area contributed by atoms with Crippen molar-refractivity contribution in [1.82, 2.24) is 5.32 Å². The first-order chi connectivity index (χ1) is 10.5. The van der Waals surface area contributed by atoms with E-state index >= 15 is 0 Å². The molecule has 3 N–H and O–H groups in total. The minimum Gasteiger partial charge on any atom is -0.480 e. The molecule has 6 nitrogen and oxygen atoms in total. The van der Waals surface area contributed by atoms with Crippen molar-refractivity contribution in [3.05, 3.63) is 35.9 Å². The molecule has 0 saturated carbocycles. The number of nitrogens with one attached hydrogen (secondary N) is 1. The molecule has 0 radical (unpaired) electrons. The smallest absolute Gasteiger partial charge is 0.408 e. The minimum atomic E-state index is -1.11. The number of rotatable bonds is 9. The van der Waals surface area contributed by atoms with Crippen LogP contribution in [0.1, 0.15) is 18.9 Å². The van der Waals surface area contributed by atoms with Crippen LogP contribution in [0.25, 0.3) is 0 Å². The van der Waals surface area contributed by atoms with Crippen LogP contribution >= 0.6 is 11.8 Å². The summed E-state index contributed by atoms with van der Waals surface area (Å²) < 4.78 is 4.99. The van der Waals surface area contributed by atoms with Gasteiger partial charge in [-0.2, -0.15) is 11.8 Å². The molecule has 1 rings (SSSR count). The van der Waals surface area contributed by atoms with E-state index in [2.05, 4.69) is 5.32 Å². The number of alkyl carbamates (subject to hydrolysis) is 1. The number of hydrogen-bond acceptors (Lipinski definition) is 5. The molecule has 0 aliphatic heterocycles. The maximum Gasteiger partial charge on any atom is 0.408 e. The van der Waals surface area contributed by atoms with Crippen LogP contribution in [0.3, 0.4) is 0 Å². The lowest BCUT2D eigenvalue weighted by Crippen LogP contribution is -2.42. The summed E-state index contributed by atoms with van der Waals surface area (Å²) in [5.41, 5.74) is 0.829. The first kappa shape index (κ1) is 18.3. The highest BCUT2D eigenvalue weighted by Crippen LogP contribution is 2.08. The molecule has 1 aromatic rings. The minimum absolute atomic E-state index is 0.0915. The topological polar surface area (TPSA) is 95.9 Å². The number of benzene rings is 1. The number of carbonyl (C=O) groups is 2. The molecule has 0 fully saturated rings. The van der Waals surface area contributed by atoms with Gasteiger partial charge in [-0.1, -0.05) is 30.3 Å². The lowest BCUT2D eigenvalue weighted by Gasteiger charge is -2.14. The van der Waals surface area contributed by atoms with Crippen LogP contribution in [-0.2, 0) is 16.1 Å². The van der Waals surface area contributed by atoms with Crippen molar-refractivity contribution in [2.45, 2.75) is 32.1 Å². The fourth-order valence-electron chi connectivity index (χ4n) is 1.54. The van der Waals surface area contributed by atoms with E-state index in [1.54, 1.807) is 6.92 Å². The van der Waals surface area contributed by atoms with Crippen molar-refractivity contribution in [2.75, 3.05) is 11.5 Å². The summed E-state index contributed by atoms with van der Waals surface area (Å²) in [5.74, 6) is -0.258. The van der Waals surface area contributed by atoms with Gasteiger partial charge >= 0.3 is 12.1 Å². The number of thioether (sulfide) groups is 1. The monoisotopic (exact) mass is 327 g/mol. The van der Waals surface area contributed by atoms with Gasteiger partial charge < -0.3 is 20.3 Å². The predicted octanol–water partition coefficient (Wildman–Crippen LogP) is 1.87. The lowest BCUT2D eigenvalue weighted by molar-refractivity contribution is -0.138. The Bertz CT molecular complexity index is 466. The third-order valence-corrected chi connectivity index (χ3v) is 3.86. The van der Waals surface area contributed by atoms with Crippen LogP contribution in [0.2, 0.25) is 0 Å². The number of amides is 1. The van der Waals surface area contributed by atoms with E-state index in [-0.39, 0.29) is 12.4 Å². The molecule has 0 aliphatic carbocycles. The van der Waals surface area contributed by atoms with Gasteiger partial charge in [0.25, 0.3) is 0 Å². The molecule has 2 atom stereocenters. The van der Waals surface area contributed by atoms with Crippen molar-refractivity contribution in [3.8, 4) is 0 Å². The summed E-state index contributed by atoms with van der Waals surface area (Å²) in [7, 11) is 0. The van der Waals surface area contributed by atoms with Gasteiger partial charge in [0.05, 0.1) is 6.10 Å². The zero-order chi connectivity index (χ0) is 16.4. The Balaban J connectivity index is 2.32. The number of aliphatic hydroxyl groups is 1. The molecule has 0 saturated heterocycles. The molecule has 7 heteroatoms. The van der Waals surface area contributed by atoms with Gasteiger partial charge in [-0.3, -0.25) is 0 Å². The summed E-state index contributed by atoms with van der Waals surface area (Å²) in [6, 6.07) is 8.13. The quantitative estimate of drug-likeness (QED) is 0.599. The highest BCUT2D eigenvalue weighted by atomic mass is 32.2. The number of aliphatic hydroxyl groups excluding tert-OH is 1. The van der Waals surface area contributed by atoms with Crippen LogP contribution in [0, 0.1) is 0 Å². The highest BCUT2D eigenvalue weighted by Gasteiger charge is 2.20. The summed E-state index contributed by atoms with van der Waals surface area (Å²) in [5, 5.41) is 20.5. The summed E-state index contributed by atoms with van der Waals surface area (Å²) in [6.07, 6.45) is -0.595. The average molecular weight is 327 g/mol. The van der Waals surface area contributed by atoms with Crippen molar-refractivity contribution >= 4 is 23.8 Å². The van der Waals surface area contributed by atoms with Gasteiger partial charge in [-0.25, -0.2) is 9.59 Å². The Morgan fingerprint density at radius 1 is 1.32 bits per heavy atom. The Morgan fingerprint density at radius 2 is 2.00 bits per heavy atom. The van der Waals surface area contributed by atoms with Gasteiger partial charge in [0.15, 0.2) is 0 Å². The fourth-order valence-corrected chi connectivity index (χ4v) is 2.67. The lowest BCUT2D eigenvalue weighted by atomic mass is 10.2. The van der Waals surface area contributed by atoms with Crippen LogP contribution in [0.5, 0.6) is 0 Å². The largest absolute Gasteiger partial charge is 0.480 e. The van der Waals surface area contributed by atoms with Gasteiger partial charge in [0.1, 0.15) is 12.6 Å². The van der Waals surface area contributed by atoms with Gasteiger partial charge in [-0.15, -0.1) is 0 Å². The molecule has 0 heterocycles. The average Bonchev–Trinajstić information content (AvgIpc) is 2.48. The van der Waals surface area contributed by atoms with Crippen LogP contribution in [0.4, 0.5) is 4.79 Å². The van der Waals surface area contributed by atoms with Crippen molar-refractivity contribution in [2.24, 2.45) is 0 Å². The second-order valence-corrected chi connectivity index (χ2v) is 5.96. The van der Waals surface area contributed by atoms with E-state index in [1.807, 2.05) is 30.3 Å². The number of carboxylic acids is 1. The van der Waals surface area contributed by atoms with Gasteiger partial charge in [-0.05, 0) is 24.7 Å². The van der Waals surface area contributed by atoms with Crippen molar-refractivity contribution in [1.29, 1.82) is 0 Å². The third kappa shape index (κ3) is 7.90. The molecule has 2 unspecified atom stereocenters. The van der Waals surface area contributed by atoms with E-state index in [4.69, 9.17) is 14.9 Å². The molecule has 0 aromatic heterocycles. The molecular weight excluding hydrogens is 306 g/mol. The zero-order valence-corrected chi connectivity index (χ0v) is 13.2. The van der Waals surface area contributed by atoms with Gasteiger partial charge in [0, 0.05) is 5.75 Å². The summed E-state index contributed by atoms with van der Waals surface area (Å²) in [4.78, 5) is 22.7. The Kier molecular flexibility index (Phi) is 8.39. The first-order valence-electron chi connectivity index (χ1n) is 6.95. The van der Waals surface area contributed by atoms with Crippen molar-refractivity contribution in [3.63, 3.8) is 0 Å². The number of aliphatic carboxylic acids is 1. The maximum absolute atomic E-state index is 11.6. The van der Waals surface area contributed by atoms with Crippen LogP contribution in [-0.4, -0.2) is 45.9 Å². The molecule has 22 heavy (non-hydrogen) atoms. The molecular formula is C15H21NO5S. The van der Waals surface area contributed by atoms with E-state index in [0.717, 1.165) is 5.56 Å². The second-order valence-electron chi connectivity index (χ2n) is 4.81. The molecule has 0 bridgehead atoms. The molecule has 1 amide bonds. The first-order valence-corrected chi connectivity index (χ1v) is 8.10. The normalized spacial score (nSPS) is 13.2. The number of hydrogen-bond donors (Lipinski definition) is 3. The maximum atomic E-state index is 11.6. The van der Waals surface area contributed by atoms with E-state index in [9.17, 15) is 9.59 Å². The fraction of sp³-hybridized carbons (Fsp3) is 0.467. The third-order valence-electron chi connectivity index (χ3n) is 2.77. The predicted molar refractivity (Wildman–Crippen MR) is 84.8 cm³/mol. The molecule has 1 aromatic carbocycles. The van der Waals surface area contributed by atoms with Crippen molar-refractivity contribution < 1.29 is 24.5 Å². The van der Waals surface area contributed by atoms with Crippen LogP contribution < -0.4 is 5.32 Å². The molecule has 122 valence electrons. The number of carbonyl (C=O) groups excluding carboxylic acids is 1. The van der Waals surface area contributed by atoms with E-state index in [1.165, 1.54) is 11.8 Å².